The number of rotatable bonds is 3. The number of carbonyl (C=O) groups is 2. The van der Waals surface area contributed by atoms with Gasteiger partial charge in [-0.25, -0.2) is 13.4 Å². The van der Waals surface area contributed by atoms with E-state index in [9.17, 15) is 18.0 Å². The third-order valence-electron chi connectivity index (χ3n) is 4.32. The molecule has 0 aromatic heterocycles. The lowest BCUT2D eigenvalue weighted by Gasteiger charge is -2.27. The van der Waals surface area contributed by atoms with E-state index in [1.165, 1.54) is 5.01 Å². The predicted octanol–water partition coefficient (Wildman–Crippen LogP) is 1.75. The highest BCUT2D eigenvalue weighted by Crippen LogP contribution is 2.24. The minimum absolute atomic E-state index is 0.0419. The van der Waals surface area contributed by atoms with Gasteiger partial charge in [0, 0.05) is 23.6 Å². The fourth-order valence-corrected chi connectivity index (χ4v) is 4.78. The molecule has 2 heterocycles. The van der Waals surface area contributed by atoms with Gasteiger partial charge in [0.1, 0.15) is 5.71 Å². The van der Waals surface area contributed by atoms with Gasteiger partial charge in [0.05, 0.1) is 17.5 Å². The van der Waals surface area contributed by atoms with Gasteiger partial charge in [-0.15, -0.1) is 0 Å². The van der Waals surface area contributed by atoms with Crippen LogP contribution in [0.1, 0.15) is 24.8 Å². The van der Waals surface area contributed by atoms with E-state index in [0.29, 0.717) is 17.1 Å². The van der Waals surface area contributed by atoms with Gasteiger partial charge in [-0.3, -0.25) is 9.59 Å². The van der Waals surface area contributed by atoms with Crippen molar-refractivity contribution in [3.05, 3.63) is 28.8 Å². The molecule has 1 unspecified atom stereocenters. The molecule has 1 saturated heterocycles. The van der Waals surface area contributed by atoms with E-state index in [4.69, 9.17) is 11.6 Å². The van der Waals surface area contributed by atoms with E-state index in [0.717, 1.165) is 5.56 Å². The minimum Gasteiger partial charge on any atom is -0.321 e. The largest absolute Gasteiger partial charge is 0.321 e. The number of halogens is 1. The molecule has 0 spiro atoms. The van der Waals surface area contributed by atoms with Crippen LogP contribution >= 0.6 is 11.6 Å². The molecular formula is C16H18ClN3O4S. The second-order valence-corrected chi connectivity index (χ2v) is 8.92. The Kier molecular flexibility index (Phi) is 4.83. The third-order valence-corrected chi connectivity index (χ3v) is 6.31. The molecule has 3 rings (SSSR count). The quantitative estimate of drug-likeness (QED) is 0.860. The van der Waals surface area contributed by atoms with Crippen LogP contribution in [0, 0.1) is 6.92 Å². The van der Waals surface area contributed by atoms with Gasteiger partial charge >= 0.3 is 0 Å². The summed E-state index contributed by atoms with van der Waals surface area (Å²) < 4.78 is 23.3. The number of nitrogens with zero attached hydrogens (tertiary/aromatic N) is 2. The summed E-state index contributed by atoms with van der Waals surface area (Å²) in [6.07, 6.45) is 0.706. The molecule has 9 heteroatoms. The summed E-state index contributed by atoms with van der Waals surface area (Å²) in [6, 6.07) is 4.67. The maximum absolute atomic E-state index is 12.5. The monoisotopic (exact) mass is 383 g/mol. The van der Waals surface area contributed by atoms with E-state index >= 15 is 0 Å². The van der Waals surface area contributed by atoms with Crippen LogP contribution in [0.3, 0.4) is 0 Å². The van der Waals surface area contributed by atoms with Gasteiger partial charge in [-0.05, 0) is 31.0 Å². The Labute approximate surface area is 150 Å². The second-order valence-electron chi connectivity index (χ2n) is 6.26. The van der Waals surface area contributed by atoms with Gasteiger partial charge in [0.15, 0.2) is 9.84 Å². The highest BCUT2D eigenvalue weighted by Gasteiger charge is 2.37. The Balaban J connectivity index is 1.79. The van der Waals surface area contributed by atoms with Crippen LogP contribution in [0.2, 0.25) is 5.02 Å². The van der Waals surface area contributed by atoms with Crippen molar-refractivity contribution in [2.24, 2.45) is 5.10 Å². The van der Waals surface area contributed by atoms with Crippen molar-refractivity contribution in [2.75, 3.05) is 16.8 Å². The van der Waals surface area contributed by atoms with Gasteiger partial charge in [0.2, 0.25) is 5.91 Å². The predicted molar refractivity (Wildman–Crippen MR) is 95.4 cm³/mol. The summed E-state index contributed by atoms with van der Waals surface area (Å²) in [5.41, 5.74) is 1.64. The second kappa shape index (κ2) is 6.76. The van der Waals surface area contributed by atoms with Gasteiger partial charge in [0.25, 0.3) is 5.91 Å². The fraction of sp³-hybridized carbons (Fsp3) is 0.438. The number of hydrogen-bond acceptors (Lipinski definition) is 5. The molecule has 1 fully saturated rings. The minimum atomic E-state index is -3.14. The van der Waals surface area contributed by atoms with Crippen LogP contribution in [0.25, 0.3) is 0 Å². The molecule has 0 bridgehead atoms. The zero-order chi connectivity index (χ0) is 18.2. The Morgan fingerprint density at radius 2 is 2.12 bits per heavy atom. The average molecular weight is 384 g/mol. The Bertz CT molecular complexity index is 866. The van der Waals surface area contributed by atoms with Crippen molar-refractivity contribution in [1.29, 1.82) is 0 Å². The summed E-state index contributed by atoms with van der Waals surface area (Å²) in [7, 11) is -3.14. The van der Waals surface area contributed by atoms with Crippen molar-refractivity contribution in [2.45, 2.75) is 32.2 Å². The zero-order valence-electron chi connectivity index (χ0n) is 13.7. The summed E-state index contributed by atoms with van der Waals surface area (Å²) in [4.78, 5) is 24.6. The number of nitrogens with one attached hydrogen (secondary N) is 1. The van der Waals surface area contributed by atoms with Crippen molar-refractivity contribution in [1.82, 2.24) is 5.01 Å². The van der Waals surface area contributed by atoms with Crippen molar-refractivity contribution >= 4 is 44.7 Å². The third kappa shape index (κ3) is 4.01. The van der Waals surface area contributed by atoms with Crippen LogP contribution in [0.4, 0.5) is 5.69 Å². The van der Waals surface area contributed by atoms with E-state index < -0.39 is 21.8 Å². The topological polar surface area (TPSA) is 95.9 Å². The number of sulfone groups is 1. The lowest BCUT2D eigenvalue weighted by molar-refractivity contribution is -0.133. The molecule has 0 aliphatic carbocycles. The molecule has 2 aliphatic heterocycles. The first-order valence-electron chi connectivity index (χ1n) is 7.92. The van der Waals surface area contributed by atoms with E-state index in [2.05, 4.69) is 10.4 Å². The smallest absolute Gasteiger partial charge is 0.271 e. The number of hydrazone groups is 1. The highest BCUT2D eigenvalue weighted by molar-refractivity contribution is 7.91. The van der Waals surface area contributed by atoms with Gasteiger partial charge in [-0.2, -0.15) is 5.10 Å². The first-order valence-corrected chi connectivity index (χ1v) is 10.1. The first-order chi connectivity index (χ1) is 11.7. The number of hydrogen-bond donors (Lipinski definition) is 1. The Hall–Kier alpha value is -1.93. The molecule has 1 aromatic rings. The molecule has 7 nitrogen and oxygen atoms in total. The van der Waals surface area contributed by atoms with E-state index in [1.54, 1.807) is 18.2 Å². The standard InChI is InChI=1S/C16H18ClN3O4S/c1-10-2-3-11(17)8-14(10)18-16(22)13-4-5-15(21)20(19-13)12-6-7-25(23,24)9-12/h2-3,8,12H,4-7,9H2,1H3,(H,18,22). The molecule has 2 aliphatic rings. The summed E-state index contributed by atoms with van der Waals surface area (Å²) in [5, 5.41) is 8.58. The fourth-order valence-electron chi connectivity index (χ4n) is 2.91. The molecule has 0 saturated carbocycles. The first kappa shape index (κ1) is 17.9. The van der Waals surface area contributed by atoms with E-state index in [1.807, 2.05) is 6.92 Å². The Morgan fingerprint density at radius 1 is 1.36 bits per heavy atom. The van der Waals surface area contributed by atoms with Gasteiger partial charge in [-0.1, -0.05) is 17.7 Å². The number of amides is 2. The van der Waals surface area contributed by atoms with Crippen LogP contribution in [0.5, 0.6) is 0 Å². The molecule has 134 valence electrons. The number of aryl methyl sites for hydroxylation is 1. The maximum Gasteiger partial charge on any atom is 0.271 e. The lowest BCUT2D eigenvalue weighted by Crippen LogP contribution is -2.42. The van der Waals surface area contributed by atoms with E-state index in [-0.39, 0.29) is 36.0 Å². The lowest BCUT2D eigenvalue weighted by atomic mass is 10.1. The highest BCUT2D eigenvalue weighted by atomic mass is 35.5. The van der Waals surface area contributed by atoms with Crippen molar-refractivity contribution in [3.8, 4) is 0 Å². The maximum atomic E-state index is 12.5. The SMILES string of the molecule is Cc1ccc(Cl)cc1NC(=O)C1=NN(C2CCS(=O)(=O)C2)C(=O)CC1. The van der Waals surface area contributed by atoms with Gasteiger partial charge < -0.3 is 5.32 Å². The number of anilines is 1. The zero-order valence-corrected chi connectivity index (χ0v) is 15.2. The van der Waals surface area contributed by atoms with Crippen molar-refractivity contribution in [3.63, 3.8) is 0 Å². The summed E-state index contributed by atoms with van der Waals surface area (Å²) >= 11 is 5.95. The molecule has 1 N–H and O–H groups in total. The van der Waals surface area contributed by atoms with Crippen molar-refractivity contribution < 1.29 is 18.0 Å². The number of carbonyl (C=O) groups excluding carboxylic acids is 2. The summed E-state index contributed by atoms with van der Waals surface area (Å²) in [5.74, 6) is -0.730. The molecule has 25 heavy (non-hydrogen) atoms. The molecule has 1 atom stereocenters. The molecule has 1 aromatic carbocycles. The van der Waals surface area contributed by atoms with Crippen LogP contribution in [-0.2, 0) is 19.4 Å². The molecule has 2 amide bonds. The molecule has 0 radical (unpaired) electrons. The Morgan fingerprint density at radius 3 is 2.80 bits per heavy atom. The molecular weight excluding hydrogens is 366 g/mol. The average Bonchev–Trinajstić information content (AvgIpc) is 2.91. The normalized spacial score (nSPS) is 22.6. The summed E-state index contributed by atoms with van der Waals surface area (Å²) in [6.45, 7) is 1.84. The number of benzene rings is 1. The van der Waals surface area contributed by atoms with Crippen LogP contribution in [-0.4, -0.2) is 48.5 Å². The van der Waals surface area contributed by atoms with Crippen LogP contribution < -0.4 is 5.32 Å². The van der Waals surface area contributed by atoms with Crippen LogP contribution in [0.15, 0.2) is 23.3 Å².